The van der Waals surface area contributed by atoms with Crippen molar-refractivity contribution in [2.24, 2.45) is 0 Å². The van der Waals surface area contributed by atoms with Gasteiger partial charge in [0, 0.05) is 27.8 Å². The van der Waals surface area contributed by atoms with Gasteiger partial charge in [0.15, 0.2) is 0 Å². The van der Waals surface area contributed by atoms with E-state index in [1.165, 1.54) is 9.75 Å². The molecule has 0 saturated heterocycles. The van der Waals surface area contributed by atoms with Gasteiger partial charge in [0.1, 0.15) is 6.10 Å². The Balaban J connectivity index is 1.90. The molecule has 0 spiro atoms. The fourth-order valence-electron chi connectivity index (χ4n) is 2.42. The monoisotopic (exact) mass is 283 g/mol. The summed E-state index contributed by atoms with van der Waals surface area (Å²) in [6.07, 6.45) is 2.90. The van der Waals surface area contributed by atoms with Crippen LogP contribution < -0.4 is 0 Å². The smallest absolute Gasteiger partial charge is 0.101 e. The molecule has 0 bridgehead atoms. The number of aliphatic hydroxyl groups is 1. The zero-order chi connectivity index (χ0) is 13.9. The van der Waals surface area contributed by atoms with Crippen molar-refractivity contribution in [3.63, 3.8) is 0 Å². The van der Waals surface area contributed by atoms with Crippen molar-refractivity contribution in [1.82, 2.24) is 4.98 Å². The van der Waals surface area contributed by atoms with E-state index in [1.807, 2.05) is 30.3 Å². The van der Waals surface area contributed by atoms with Gasteiger partial charge in [0.25, 0.3) is 0 Å². The van der Waals surface area contributed by atoms with E-state index in [2.05, 4.69) is 24.0 Å². The van der Waals surface area contributed by atoms with E-state index in [1.54, 1.807) is 17.5 Å². The molecule has 1 N–H and O–H groups in total. The fraction of sp³-hybridized carbons (Fsp3) is 0.235. The van der Waals surface area contributed by atoms with Crippen molar-refractivity contribution in [2.45, 2.75) is 25.9 Å². The summed E-state index contributed by atoms with van der Waals surface area (Å²) in [5.41, 5.74) is 0.773. The molecule has 0 saturated carbocycles. The fourth-order valence-corrected chi connectivity index (χ4v) is 3.41. The zero-order valence-corrected chi connectivity index (χ0v) is 12.2. The molecular formula is C17H17NOS. The maximum Gasteiger partial charge on any atom is 0.101 e. The third-order valence-electron chi connectivity index (χ3n) is 3.48. The van der Waals surface area contributed by atoms with Crippen LogP contribution in [0.25, 0.3) is 10.8 Å². The first kappa shape index (κ1) is 13.3. The van der Waals surface area contributed by atoms with Crippen LogP contribution in [0.1, 0.15) is 28.5 Å². The quantitative estimate of drug-likeness (QED) is 0.781. The van der Waals surface area contributed by atoms with Crippen LogP contribution in [-0.4, -0.2) is 10.1 Å². The van der Waals surface area contributed by atoms with Gasteiger partial charge in [-0.25, -0.2) is 0 Å². The van der Waals surface area contributed by atoms with Gasteiger partial charge in [-0.2, -0.15) is 0 Å². The summed E-state index contributed by atoms with van der Waals surface area (Å²) < 4.78 is 0. The number of aryl methyl sites for hydroxylation is 1. The summed E-state index contributed by atoms with van der Waals surface area (Å²) in [6.45, 7) is 2.15. The van der Waals surface area contributed by atoms with E-state index in [0.29, 0.717) is 6.42 Å². The number of hydrogen-bond acceptors (Lipinski definition) is 3. The number of hydrogen-bond donors (Lipinski definition) is 1. The Hall–Kier alpha value is -1.71. The number of benzene rings is 1. The normalized spacial score (nSPS) is 12.7. The molecule has 0 aliphatic carbocycles. The van der Waals surface area contributed by atoms with Gasteiger partial charge in [-0.3, -0.25) is 4.98 Å². The van der Waals surface area contributed by atoms with E-state index < -0.39 is 6.10 Å². The second kappa shape index (κ2) is 5.73. The molecule has 3 aromatic rings. The molecule has 0 aliphatic rings. The van der Waals surface area contributed by atoms with E-state index in [4.69, 9.17) is 0 Å². The topological polar surface area (TPSA) is 33.1 Å². The third kappa shape index (κ3) is 2.60. The van der Waals surface area contributed by atoms with Gasteiger partial charge in [-0.05, 0) is 30.0 Å². The summed E-state index contributed by atoms with van der Waals surface area (Å²) in [7, 11) is 0. The number of aliphatic hydroxyl groups excluding tert-OH is 1. The van der Waals surface area contributed by atoms with Crippen LogP contribution in [0.5, 0.6) is 0 Å². The Kier molecular flexibility index (Phi) is 3.81. The Bertz CT molecular complexity index is 714. The number of aromatic nitrogens is 1. The number of pyridine rings is 1. The zero-order valence-electron chi connectivity index (χ0n) is 11.4. The van der Waals surface area contributed by atoms with Crippen LogP contribution in [0.4, 0.5) is 0 Å². The van der Waals surface area contributed by atoms with Crippen LogP contribution in [-0.2, 0) is 12.8 Å². The summed E-state index contributed by atoms with van der Waals surface area (Å²) in [4.78, 5) is 6.96. The Labute approximate surface area is 122 Å². The van der Waals surface area contributed by atoms with Gasteiger partial charge < -0.3 is 5.11 Å². The largest absolute Gasteiger partial charge is 0.386 e. The van der Waals surface area contributed by atoms with Gasteiger partial charge >= 0.3 is 0 Å². The average molecular weight is 283 g/mol. The molecule has 20 heavy (non-hydrogen) atoms. The standard InChI is InChI=1S/C17H17NOS/c1-2-13-7-8-14(20-13)11-16(19)17-15-6-4-3-5-12(15)9-10-18-17/h3-10,16,19H,2,11H2,1H3. The maximum atomic E-state index is 10.5. The molecule has 102 valence electrons. The molecule has 1 aromatic carbocycles. The molecule has 1 atom stereocenters. The lowest BCUT2D eigenvalue weighted by Gasteiger charge is -2.11. The molecule has 0 amide bonds. The lowest BCUT2D eigenvalue weighted by Crippen LogP contribution is -2.03. The Morgan fingerprint density at radius 2 is 1.90 bits per heavy atom. The number of rotatable bonds is 4. The third-order valence-corrected chi connectivity index (χ3v) is 4.73. The van der Waals surface area contributed by atoms with Crippen molar-refractivity contribution >= 4 is 22.1 Å². The predicted octanol–water partition coefficient (Wildman–Crippen LogP) is 4.13. The van der Waals surface area contributed by atoms with Crippen molar-refractivity contribution in [2.75, 3.05) is 0 Å². The molecule has 0 fully saturated rings. The molecular weight excluding hydrogens is 266 g/mol. The minimum atomic E-state index is -0.551. The molecule has 2 aromatic heterocycles. The SMILES string of the molecule is CCc1ccc(CC(O)c2nccc3ccccc23)s1. The highest BCUT2D eigenvalue weighted by Gasteiger charge is 2.14. The van der Waals surface area contributed by atoms with Gasteiger partial charge in [-0.15, -0.1) is 11.3 Å². The Morgan fingerprint density at radius 1 is 1.10 bits per heavy atom. The minimum Gasteiger partial charge on any atom is -0.386 e. The molecule has 2 nitrogen and oxygen atoms in total. The van der Waals surface area contributed by atoms with Gasteiger partial charge in [0.05, 0.1) is 5.69 Å². The van der Waals surface area contributed by atoms with Crippen LogP contribution in [0.3, 0.4) is 0 Å². The van der Waals surface area contributed by atoms with E-state index in [-0.39, 0.29) is 0 Å². The number of fused-ring (bicyclic) bond motifs is 1. The van der Waals surface area contributed by atoms with Crippen LogP contribution >= 0.6 is 11.3 Å². The van der Waals surface area contributed by atoms with E-state index >= 15 is 0 Å². The predicted molar refractivity (Wildman–Crippen MR) is 84.1 cm³/mol. The van der Waals surface area contributed by atoms with Crippen LogP contribution in [0.2, 0.25) is 0 Å². The van der Waals surface area contributed by atoms with Crippen molar-refractivity contribution in [3.05, 3.63) is 64.1 Å². The summed E-state index contributed by atoms with van der Waals surface area (Å²) in [6, 6.07) is 14.3. The van der Waals surface area contributed by atoms with Crippen molar-refractivity contribution in [3.8, 4) is 0 Å². The lowest BCUT2D eigenvalue weighted by molar-refractivity contribution is 0.176. The molecule has 3 rings (SSSR count). The van der Waals surface area contributed by atoms with E-state index in [9.17, 15) is 5.11 Å². The van der Waals surface area contributed by atoms with Gasteiger partial charge in [-0.1, -0.05) is 31.2 Å². The molecule has 0 aliphatic heterocycles. The highest BCUT2D eigenvalue weighted by molar-refractivity contribution is 7.11. The first-order valence-corrected chi connectivity index (χ1v) is 7.69. The Morgan fingerprint density at radius 3 is 2.70 bits per heavy atom. The first-order valence-electron chi connectivity index (χ1n) is 6.87. The minimum absolute atomic E-state index is 0.551. The lowest BCUT2D eigenvalue weighted by atomic mass is 10.0. The first-order chi connectivity index (χ1) is 9.78. The number of nitrogens with zero attached hydrogens (tertiary/aromatic N) is 1. The highest BCUT2D eigenvalue weighted by Crippen LogP contribution is 2.27. The molecule has 3 heteroatoms. The molecule has 1 unspecified atom stereocenters. The summed E-state index contributed by atoms with van der Waals surface area (Å²) in [5.74, 6) is 0. The maximum absolute atomic E-state index is 10.5. The summed E-state index contributed by atoms with van der Waals surface area (Å²) in [5, 5.41) is 12.7. The molecule has 2 heterocycles. The van der Waals surface area contributed by atoms with E-state index in [0.717, 1.165) is 22.9 Å². The van der Waals surface area contributed by atoms with Crippen LogP contribution in [0, 0.1) is 0 Å². The number of thiophene rings is 1. The summed E-state index contributed by atoms with van der Waals surface area (Å²) >= 11 is 1.77. The van der Waals surface area contributed by atoms with Gasteiger partial charge in [0.2, 0.25) is 0 Å². The second-order valence-electron chi connectivity index (χ2n) is 4.86. The van der Waals surface area contributed by atoms with Crippen molar-refractivity contribution in [1.29, 1.82) is 0 Å². The van der Waals surface area contributed by atoms with Crippen LogP contribution in [0.15, 0.2) is 48.7 Å². The van der Waals surface area contributed by atoms with Crippen molar-refractivity contribution < 1.29 is 5.11 Å². The highest BCUT2D eigenvalue weighted by atomic mass is 32.1. The average Bonchev–Trinajstić information content (AvgIpc) is 2.94. The molecule has 0 radical (unpaired) electrons. The second-order valence-corrected chi connectivity index (χ2v) is 6.11.